The fourth-order valence-electron chi connectivity index (χ4n) is 3.40. The molecule has 1 saturated heterocycles. The molecule has 0 bridgehead atoms. The molecule has 1 amide bonds. The molecule has 8 heteroatoms. The number of halogens is 2. The number of aliphatic imine (C=N–C) groups is 1. The highest BCUT2D eigenvalue weighted by molar-refractivity contribution is 14.0. The van der Waals surface area contributed by atoms with E-state index in [1.165, 1.54) is 5.56 Å². The maximum absolute atomic E-state index is 11.7. The third-order valence-corrected chi connectivity index (χ3v) is 5.49. The maximum Gasteiger partial charge on any atom is 0.409 e. The van der Waals surface area contributed by atoms with E-state index < -0.39 is 0 Å². The predicted octanol–water partition coefficient (Wildman–Crippen LogP) is 3.51. The number of amides is 1. The molecule has 0 aromatic heterocycles. The highest BCUT2D eigenvalue weighted by Gasteiger charge is 2.44. The number of guanidine groups is 1. The van der Waals surface area contributed by atoms with Gasteiger partial charge in [-0.15, -0.1) is 24.0 Å². The lowest BCUT2D eigenvalue weighted by atomic mass is 9.96. The van der Waals surface area contributed by atoms with Crippen LogP contribution in [0.4, 0.5) is 4.79 Å². The first-order valence-electron chi connectivity index (χ1n) is 9.26. The van der Waals surface area contributed by atoms with Crippen LogP contribution in [0.3, 0.4) is 0 Å². The lowest BCUT2D eigenvalue weighted by molar-refractivity contribution is 0.0963. The normalized spacial score (nSPS) is 19.2. The fourth-order valence-corrected chi connectivity index (χ4v) is 3.53. The Bertz CT molecular complexity index is 656. The number of nitrogens with zero attached hydrogens (tertiary/aromatic N) is 2. The molecule has 1 aromatic carbocycles. The minimum atomic E-state index is -0.230. The van der Waals surface area contributed by atoms with E-state index in [9.17, 15) is 4.79 Å². The van der Waals surface area contributed by atoms with Gasteiger partial charge in [-0.3, -0.25) is 4.99 Å². The second-order valence-electron chi connectivity index (χ2n) is 7.09. The quantitative estimate of drug-likeness (QED) is 0.364. The molecule has 3 N–H and O–H groups in total. The van der Waals surface area contributed by atoms with E-state index in [1.54, 1.807) is 4.90 Å². The van der Waals surface area contributed by atoms with Gasteiger partial charge in [0.05, 0.1) is 13.2 Å². The number of hydrogen-bond acceptors (Lipinski definition) is 3. The van der Waals surface area contributed by atoms with Crippen LogP contribution in [0, 0.1) is 0 Å². The second-order valence-corrected chi connectivity index (χ2v) is 7.53. The van der Waals surface area contributed by atoms with Crippen molar-refractivity contribution < 1.29 is 9.53 Å². The molecule has 0 radical (unpaired) electrons. The summed E-state index contributed by atoms with van der Waals surface area (Å²) in [6.07, 6.45) is 3.72. The van der Waals surface area contributed by atoms with Crippen molar-refractivity contribution in [3.8, 4) is 0 Å². The van der Waals surface area contributed by atoms with Crippen molar-refractivity contribution in [2.24, 2.45) is 10.7 Å². The number of carbonyl (C=O) groups excluding carboxylic acids is 1. The van der Waals surface area contributed by atoms with Crippen molar-refractivity contribution in [2.75, 3.05) is 26.2 Å². The molecule has 6 nitrogen and oxygen atoms in total. The van der Waals surface area contributed by atoms with Gasteiger partial charge < -0.3 is 20.7 Å². The van der Waals surface area contributed by atoms with Crippen LogP contribution in [-0.2, 0) is 10.2 Å². The SMILES string of the molecule is CCOC(=O)N1CCC(NC(N)=NCC2(c3ccc(Cl)cc3)CC2)CC1.I. The van der Waals surface area contributed by atoms with Gasteiger partial charge in [0.1, 0.15) is 0 Å². The molecular weight excluding hydrogens is 479 g/mol. The van der Waals surface area contributed by atoms with Gasteiger partial charge >= 0.3 is 6.09 Å². The van der Waals surface area contributed by atoms with E-state index in [-0.39, 0.29) is 41.5 Å². The first-order chi connectivity index (χ1) is 12.5. The molecular formula is C19H28ClIN4O2. The van der Waals surface area contributed by atoms with Gasteiger partial charge in [0, 0.05) is 29.6 Å². The zero-order valence-corrected chi connectivity index (χ0v) is 18.7. The molecule has 1 aliphatic heterocycles. The van der Waals surface area contributed by atoms with E-state index in [2.05, 4.69) is 22.4 Å². The van der Waals surface area contributed by atoms with Gasteiger partial charge in [-0.1, -0.05) is 23.7 Å². The Kier molecular flexibility index (Phi) is 8.03. The summed E-state index contributed by atoms with van der Waals surface area (Å²) < 4.78 is 5.04. The Morgan fingerprint density at radius 3 is 2.52 bits per heavy atom. The summed E-state index contributed by atoms with van der Waals surface area (Å²) in [5.74, 6) is 0.486. The molecule has 1 aromatic rings. The van der Waals surface area contributed by atoms with E-state index in [4.69, 9.17) is 22.1 Å². The molecule has 1 saturated carbocycles. The van der Waals surface area contributed by atoms with Crippen LogP contribution < -0.4 is 11.1 Å². The van der Waals surface area contributed by atoms with Crippen molar-refractivity contribution in [1.82, 2.24) is 10.2 Å². The maximum atomic E-state index is 11.7. The Hall–Kier alpha value is -1.22. The Labute approximate surface area is 182 Å². The zero-order chi connectivity index (χ0) is 18.6. The lowest BCUT2D eigenvalue weighted by Gasteiger charge is -2.31. The Morgan fingerprint density at radius 2 is 1.96 bits per heavy atom. The molecule has 0 spiro atoms. The van der Waals surface area contributed by atoms with E-state index in [0.717, 1.165) is 30.7 Å². The Morgan fingerprint density at radius 1 is 1.33 bits per heavy atom. The van der Waals surface area contributed by atoms with Crippen molar-refractivity contribution in [1.29, 1.82) is 0 Å². The third kappa shape index (κ3) is 5.88. The van der Waals surface area contributed by atoms with Gasteiger partial charge in [0.25, 0.3) is 0 Å². The molecule has 0 atom stereocenters. The average Bonchev–Trinajstić information content (AvgIpc) is 3.43. The van der Waals surface area contributed by atoms with E-state index >= 15 is 0 Å². The van der Waals surface area contributed by atoms with Crippen LogP contribution in [0.2, 0.25) is 5.02 Å². The molecule has 1 heterocycles. The molecule has 27 heavy (non-hydrogen) atoms. The lowest BCUT2D eigenvalue weighted by Crippen LogP contribution is -2.48. The number of likely N-dealkylation sites (tertiary alicyclic amines) is 1. The molecule has 2 aliphatic rings. The molecule has 2 fully saturated rings. The van der Waals surface area contributed by atoms with Crippen LogP contribution in [-0.4, -0.2) is 49.2 Å². The second kappa shape index (κ2) is 9.82. The van der Waals surface area contributed by atoms with Gasteiger partial charge in [0.15, 0.2) is 5.96 Å². The molecule has 3 rings (SSSR count). The van der Waals surface area contributed by atoms with Gasteiger partial charge in [-0.2, -0.15) is 0 Å². The van der Waals surface area contributed by atoms with Crippen LogP contribution in [0.15, 0.2) is 29.3 Å². The topological polar surface area (TPSA) is 80.0 Å². The fraction of sp³-hybridized carbons (Fsp3) is 0.579. The first kappa shape index (κ1) is 22.1. The average molecular weight is 507 g/mol. The zero-order valence-electron chi connectivity index (χ0n) is 15.6. The number of carbonyl (C=O) groups is 1. The van der Waals surface area contributed by atoms with Crippen molar-refractivity contribution in [3.05, 3.63) is 34.9 Å². The number of nitrogens with one attached hydrogen (secondary N) is 1. The smallest absolute Gasteiger partial charge is 0.409 e. The first-order valence-corrected chi connectivity index (χ1v) is 9.64. The predicted molar refractivity (Wildman–Crippen MR) is 119 cm³/mol. The number of piperidine rings is 1. The van der Waals surface area contributed by atoms with Crippen LogP contribution in [0.5, 0.6) is 0 Å². The summed E-state index contributed by atoms with van der Waals surface area (Å²) in [7, 11) is 0. The number of ether oxygens (including phenoxy) is 1. The summed E-state index contributed by atoms with van der Waals surface area (Å²) in [6.45, 7) is 4.28. The van der Waals surface area contributed by atoms with Crippen molar-refractivity contribution in [3.63, 3.8) is 0 Å². The molecule has 150 valence electrons. The summed E-state index contributed by atoms with van der Waals surface area (Å²) in [5.41, 5.74) is 7.49. The summed E-state index contributed by atoms with van der Waals surface area (Å²) in [6, 6.07) is 8.27. The van der Waals surface area contributed by atoms with Crippen molar-refractivity contribution in [2.45, 2.75) is 44.1 Å². The standard InChI is InChI=1S/C19H27ClN4O2.HI/c1-2-26-18(25)24-11-7-16(8-12-24)23-17(21)22-13-19(9-10-19)14-3-5-15(20)6-4-14;/h3-6,16H,2,7-13H2,1H3,(H3,21,22,23);1H. The highest BCUT2D eigenvalue weighted by Crippen LogP contribution is 2.48. The number of nitrogens with two attached hydrogens (primary N) is 1. The summed E-state index contributed by atoms with van der Waals surface area (Å²) >= 11 is 5.98. The van der Waals surface area contributed by atoms with Crippen LogP contribution in [0.25, 0.3) is 0 Å². The van der Waals surface area contributed by atoms with E-state index in [0.29, 0.717) is 32.2 Å². The Balaban J connectivity index is 0.00000261. The largest absolute Gasteiger partial charge is 0.450 e. The summed E-state index contributed by atoms with van der Waals surface area (Å²) in [4.78, 5) is 18.1. The summed E-state index contributed by atoms with van der Waals surface area (Å²) in [5, 5.41) is 4.05. The van der Waals surface area contributed by atoms with Crippen molar-refractivity contribution >= 4 is 47.6 Å². The minimum Gasteiger partial charge on any atom is -0.450 e. The monoisotopic (exact) mass is 506 g/mol. The number of benzene rings is 1. The van der Waals surface area contributed by atoms with Gasteiger partial charge in [-0.05, 0) is 50.3 Å². The van der Waals surface area contributed by atoms with Gasteiger partial charge in [0.2, 0.25) is 0 Å². The van der Waals surface area contributed by atoms with Crippen LogP contribution in [0.1, 0.15) is 38.2 Å². The van der Waals surface area contributed by atoms with E-state index in [1.807, 2.05) is 19.1 Å². The highest BCUT2D eigenvalue weighted by atomic mass is 127. The number of rotatable bonds is 5. The van der Waals surface area contributed by atoms with Gasteiger partial charge in [-0.25, -0.2) is 4.79 Å². The number of hydrogen-bond donors (Lipinski definition) is 2. The molecule has 0 unspecified atom stereocenters. The molecule has 1 aliphatic carbocycles. The van der Waals surface area contributed by atoms with Crippen LogP contribution >= 0.6 is 35.6 Å². The minimum absolute atomic E-state index is 0. The third-order valence-electron chi connectivity index (χ3n) is 5.24.